The van der Waals surface area contributed by atoms with Gasteiger partial charge in [0.05, 0.1) is 11.8 Å². The normalized spacial score (nSPS) is 33.0. The topological polar surface area (TPSA) is 38.1 Å². The Morgan fingerprint density at radius 2 is 2.22 bits per heavy atom. The highest BCUT2D eigenvalue weighted by Gasteiger charge is 2.42. The molecule has 2 rings (SSSR count). The smallest absolute Gasteiger partial charge is 0.0722 e. The molecule has 0 saturated heterocycles. The first-order chi connectivity index (χ1) is 8.40. The Hall–Kier alpha value is -0.830. The maximum atomic E-state index is 11.1. The average molecular weight is 250 g/mol. The monoisotopic (exact) mass is 250 g/mol. The van der Waals surface area contributed by atoms with Crippen molar-refractivity contribution in [3.8, 4) is 0 Å². The summed E-state index contributed by atoms with van der Waals surface area (Å²) in [7, 11) is 1.93. The van der Waals surface area contributed by atoms with Gasteiger partial charge in [0.1, 0.15) is 0 Å². The molecule has 1 aliphatic rings. The van der Waals surface area contributed by atoms with Crippen LogP contribution in [-0.2, 0) is 13.5 Å². The Morgan fingerprint density at radius 1 is 1.50 bits per heavy atom. The molecule has 1 aliphatic carbocycles. The van der Waals surface area contributed by atoms with Crippen molar-refractivity contribution in [1.29, 1.82) is 0 Å². The second kappa shape index (κ2) is 5.04. The van der Waals surface area contributed by atoms with Crippen LogP contribution in [-0.4, -0.2) is 20.5 Å². The number of rotatable bonds is 3. The van der Waals surface area contributed by atoms with E-state index >= 15 is 0 Å². The zero-order valence-corrected chi connectivity index (χ0v) is 12.1. The molecule has 1 heterocycles. The fourth-order valence-corrected chi connectivity index (χ4v) is 3.66. The zero-order chi connectivity index (χ0) is 13.3. The Bertz CT molecular complexity index is 399. The van der Waals surface area contributed by atoms with Crippen molar-refractivity contribution in [3.63, 3.8) is 0 Å². The van der Waals surface area contributed by atoms with Gasteiger partial charge in [-0.2, -0.15) is 5.10 Å². The maximum Gasteiger partial charge on any atom is 0.0722 e. The van der Waals surface area contributed by atoms with Gasteiger partial charge in [0, 0.05) is 19.7 Å². The molecule has 102 valence electrons. The predicted molar refractivity (Wildman–Crippen MR) is 73.2 cm³/mol. The summed E-state index contributed by atoms with van der Waals surface area (Å²) in [5.41, 5.74) is 0.606. The molecule has 1 N–H and O–H groups in total. The van der Waals surface area contributed by atoms with Crippen LogP contribution in [0.25, 0.3) is 0 Å². The van der Waals surface area contributed by atoms with E-state index in [0.717, 1.165) is 24.8 Å². The van der Waals surface area contributed by atoms with Gasteiger partial charge in [-0.3, -0.25) is 4.68 Å². The molecule has 0 amide bonds. The molecule has 3 nitrogen and oxygen atoms in total. The molecule has 1 aromatic heterocycles. The standard InChI is InChI=1S/C15H26N2O/c1-11(2)14-6-5-12(3)7-15(14,18)8-13-9-16-17(4)10-13/h9-12,14,18H,5-8H2,1-4H3. The minimum Gasteiger partial charge on any atom is -0.389 e. The van der Waals surface area contributed by atoms with Crippen LogP contribution in [0.2, 0.25) is 0 Å². The van der Waals surface area contributed by atoms with Crippen LogP contribution in [0.3, 0.4) is 0 Å². The number of aromatic nitrogens is 2. The fourth-order valence-electron chi connectivity index (χ4n) is 3.66. The lowest BCUT2D eigenvalue weighted by atomic mass is 9.65. The SMILES string of the molecule is CC1CCC(C(C)C)C(O)(Cc2cnn(C)c2)C1. The van der Waals surface area contributed by atoms with Crippen molar-refractivity contribution >= 4 is 0 Å². The van der Waals surface area contributed by atoms with E-state index < -0.39 is 5.60 Å². The van der Waals surface area contributed by atoms with Gasteiger partial charge in [-0.1, -0.05) is 27.2 Å². The Labute approximate surface area is 110 Å². The third-order valence-corrected chi connectivity index (χ3v) is 4.44. The number of aryl methyl sites for hydroxylation is 1. The molecule has 0 spiro atoms. The Morgan fingerprint density at radius 3 is 2.78 bits per heavy atom. The Kier molecular flexibility index (Phi) is 3.81. The molecule has 0 aromatic carbocycles. The van der Waals surface area contributed by atoms with Crippen LogP contribution >= 0.6 is 0 Å². The zero-order valence-electron chi connectivity index (χ0n) is 12.1. The van der Waals surface area contributed by atoms with Crippen molar-refractivity contribution in [2.24, 2.45) is 24.8 Å². The van der Waals surface area contributed by atoms with Gasteiger partial charge in [-0.15, -0.1) is 0 Å². The van der Waals surface area contributed by atoms with Crippen molar-refractivity contribution in [1.82, 2.24) is 9.78 Å². The summed E-state index contributed by atoms with van der Waals surface area (Å²) >= 11 is 0. The molecule has 18 heavy (non-hydrogen) atoms. The predicted octanol–water partition coefficient (Wildman–Crippen LogP) is 2.79. The molecule has 3 atom stereocenters. The highest BCUT2D eigenvalue weighted by Crippen LogP contribution is 2.42. The fraction of sp³-hybridized carbons (Fsp3) is 0.800. The van der Waals surface area contributed by atoms with Gasteiger partial charge in [0.25, 0.3) is 0 Å². The number of aliphatic hydroxyl groups is 1. The van der Waals surface area contributed by atoms with Crippen LogP contribution in [0.1, 0.15) is 45.6 Å². The summed E-state index contributed by atoms with van der Waals surface area (Å²) in [5, 5.41) is 15.3. The van der Waals surface area contributed by atoms with Crippen LogP contribution in [0.15, 0.2) is 12.4 Å². The van der Waals surface area contributed by atoms with Crippen LogP contribution in [0, 0.1) is 17.8 Å². The average Bonchev–Trinajstić information content (AvgIpc) is 2.62. The van der Waals surface area contributed by atoms with Crippen LogP contribution in [0.4, 0.5) is 0 Å². The van der Waals surface area contributed by atoms with Gasteiger partial charge in [0.2, 0.25) is 0 Å². The van der Waals surface area contributed by atoms with Gasteiger partial charge < -0.3 is 5.11 Å². The van der Waals surface area contributed by atoms with E-state index in [0.29, 0.717) is 17.8 Å². The van der Waals surface area contributed by atoms with E-state index in [2.05, 4.69) is 25.9 Å². The van der Waals surface area contributed by atoms with Gasteiger partial charge in [-0.25, -0.2) is 0 Å². The lowest BCUT2D eigenvalue weighted by Gasteiger charge is -2.44. The van der Waals surface area contributed by atoms with Crippen molar-refractivity contribution in [2.45, 2.75) is 52.1 Å². The molecular weight excluding hydrogens is 224 g/mol. The lowest BCUT2D eigenvalue weighted by molar-refractivity contribution is -0.0795. The largest absolute Gasteiger partial charge is 0.389 e. The molecule has 3 heteroatoms. The molecule has 0 aliphatic heterocycles. The quantitative estimate of drug-likeness (QED) is 0.895. The number of hydrogen-bond acceptors (Lipinski definition) is 2. The first kappa shape index (κ1) is 13.6. The third-order valence-electron chi connectivity index (χ3n) is 4.44. The van der Waals surface area contributed by atoms with Gasteiger partial charge >= 0.3 is 0 Å². The third kappa shape index (κ3) is 2.77. The minimum absolute atomic E-state index is 0.411. The molecule has 1 saturated carbocycles. The van der Waals surface area contributed by atoms with E-state index in [4.69, 9.17) is 0 Å². The number of hydrogen-bond donors (Lipinski definition) is 1. The van der Waals surface area contributed by atoms with E-state index in [-0.39, 0.29) is 0 Å². The maximum absolute atomic E-state index is 11.1. The van der Waals surface area contributed by atoms with Crippen LogP contribution < -0.4 is 0 Å². The van der Waals surface area contributed by atoms with E-state index in [1.165, 1.54) is 6.42 Å². The molecule has 0 radical (unpaired) electrons. The number of nitrogens with zero attached hydrogens (tertiary/aromatic N) is 2. The molecule has 1 fully saturated rings. The summed E-state index contributed by atoms with van der Waals surface area (Å²) in [6, 6.07) is 0. The summed E-state index contributed by atoms with van der Waals surface area (Å²) in [6.07, 6.45) is 7.97. The van der Waals surface area contributed by atoms with E-state index in [9.17, 15) is 5.11 Å². The van der Waals surface area contributed by atoms with Crippen molar-refractivity contribution in [3.05, 3.63) is 18.0 Å². The molecule has 3 unspecified atom stereocenters. The highest BCUT2D eigenvalue weighted by atomic mass is 16.3. The summed E-state index contributed by atoms with van der Waals surface area (Å²) < 4.78 is 1.81. The van der Waals surface area contributed by atoms with Crippen molar-refractivity contribution in [2.75, 3.05) is 0 Å². The van der Waals surface area contributed by atoms with Crippen molar-refractivity contribution < 1.29 is 5.11 Å². The van der Waals surface area contributed by atoms with Gasteiger partial charge in [0.15, 0.2) is 0 Å². The first-order valence-electron chi connectivity index (χ1n) is 7.10. The molecular formula is C15H26N2O. The Balaban J connectivity index is 2.18. The minimum atomic E-state index is -0.547. The van der Waals surface area contributed by atoms with Gasteiger partial charge in [-0.05, 0) is 36.2 Å². The lowest BCUT2D eigenvalue weighted by Crippen LogP contribution is -2.47. The summed E-state index contributed by atoms with van der Waals surface area (Å²) in [6.45, 7) is 6.72. The summed E-state index contributed by atoms with van der Waals surface area (Å²) in [5.74, 6) is 1.58. The second-order valence-electron chi connectivity index (χ2n) is 6.54. The highest BCUT2D eigenvalue weighted by molar-refractivity contribution is 5.10. The molecule has 1 aromatic rings. The van der Waals surface area contributed by atoms with Crippen LogP contribution in [0.5, 0.6) is 0 Å². The summed E-state index contributed by atoms with van der Waals surface area (Å²) in [4.78, 5) is 0. The van der Waals surface area contributed by atoms with E-state index in [1.807, 2.05) is 24.1 Å². The van der Waals surface area contributed by atoms with E-state index in [1.54, 1.807) is 0 Å². The second-order valence-corrected chi connectivity index (χ2v) is 6.54. The first-order valence-corrected chi connectivity index (χ1v) is 7.10. The molecule has 0 bridgehead atoms.